The molecule has 0 heterocycles. The molecule has 0 rings (SSSR count). The first kappa shape index (κ1) is 8.61. The van der Waals surface area contributed by atoms with Crippen LogP contribution in [-0.4, -0.2) is 23.3 Å². The Bertz CT molecular complexity index is 145. The molecule has 1 N–H and O–H groups in total. The Labute approximate surface area is 57.3 Å². The van der Waals surface area contributed by atoms with Crippen molar-refractivity contribution in [2.75, 3.05) is 0 Å². The number of carboxylic acids is 1. The Morgan fingerprint density at radius 2 is 2.30 bits per heavy atom. The summed E-state index contributed by atoms with van der Waals surface area (Å²) in [6, 6.07) is 0. The van der Waals surface area contributed by atoms with Gasteiger partial charge in [-0.15, -0.1) is 0 Å². The molecule has 0 aromatic rings. The summed E-state index contributed by atoms with van der Waals surface area (Å²) in [4.78, 5) is 23.9. The van der Waals surface area contributed by atoms with E-state index >= 15 is 0 Å². The average Bonchev–Trinajstić information content (AvgIpc) is 1.79. The first-order valence-corrected chi connectivity index (χ1v) is 2.54. The number of aliphatic carboxylic acids is 1. The lowest BCUT2D eigenvalue weighted by Crippen LogP contribution is -1.96. The fourth-order valence-electron chi connectivity index (χ4n) is 0.227. The van der Waals surface area contributed by atoms with E-state index in [0.29, 0.717) is 0 Å². The molecule has 0 radical (unpaired) electrons. The zero-order chi connectivity index (χ0) is 7.98. The molecule has 0 bridgehead atoms. The van der Waals surface area contributed by atoms with Crippen molar-refractivity contribution in [2.24, 2.45) is 5.16 Å². The van der Waals surface area contributed by atoms with E-state index in [2.05, 4.69) is 9.99 Å². The van der Waals surface area contributed by atoms with Crippen LogP contribution in [0.5, 0.6) is 0 Å². The van der Waals surface area contributed by atoms with Crippen LogP contribution in [0.3, 0.4) is 0 Å². The van der Waals surface area contributed by atoms with Gasteiger partial charge in [0.2, 0.25) is 0 Å². The van der Waals surface area contributed by atoms with E-state index in [9.17, 15) is 9.59 Å². The van der Waals surface area contributed by atoms with Gasteiger partial charge < -0.3 is 9.94 Å². The van der Waals surface area contributed by atoms with Crippen LogP contribution in [0.15, 0.2) is 5.16 Å². The fraction of sp³-hybridized carbons (Fsp3) is 0.400. The van der Waals surface area contributed by atoms with Crippen molar-refractivity contribution in [3.8, 4) is 0 Å². The van der Waals surface area contributed by atoms with Gasteiger partial charge in [0.15, 0.2) is 0 Å². The molecule has 0 aliphatic heterocycles. The lowest BCUT2D eigenvalue weighted by Gasteiger charge is -1.86. The highest BCUT2D eigenvalue weighted by Crippen LogP contribution is 1.77. The largest absolute Gasteiger partial charge is 0.481 e. The zero-order valence-corrected chi connectivity index (χ0v) is 5.40. The number of carboxylic acid groups (broad SMARTS) is 1. The number of oxime groups is 1. The number of hydrogen-bond acceptors (Lipinski definition) is 4. The Kier molecular flexibility index (Phi) is 3.86. The minimum Gasteiger partial charge on any atom is -0.481 e. The second-order valence-electron chi connectivity index (χ2n) is 1.47. The van der Waals surface area contributed by atoms with E-state index in [1.807, 2.05) is 0 Å². The third kappa shape index (κ3) is 6.61. The van der Waals surface area contributed by atoms with Crippen LogP contribution in [0, 0.1) is 0 Å². The van der Waals surface area contributed by atoms with Gasteiger partial charge in [-0.3, -0.25) is 4.79 Å². The summed E-state index contributed by atoms with van der Waals surface area (Å²) in [5.74, 6) is -1.59. The molecule has 5 nitrogen and oxygen atoms in total. The van der Waals surface area contributed by atoms with E-state index < -0.39 is 11.9 Å². The van der Waals surface area contributed by atoms with Crippen LogP contribution in [-0.2, 0) is 14.4 Å². The molecule has 56 valence electrons. The van der Waals surface area contributed by atoms with Gasteiger partial charge in [-0.05, 0) is 0 Å². The Hall–Kier alpha value is -1.39. The minimum absolute atomic E-state index is 0.243. The Balaban J connectivity index is 3.38. The van der Waals surface area contributed by atoms with Gasteiger partial charge in [-0.25, -0.2) is 4.79 Å². The quantitative estimate of drug-likeness (QED) is 0.345. The topological polar surface area (TPSA) is 76.0 Å². The number of nitrogens with zero attached hydrogens (tertiary/aromatic N) is 1. The van der Waals surface area contributed by atoms with Crippen molar-refractivity contribution in [1.82, 2.24) is 0 Å². The second-order valence-corrected chi connectivity index (χ2v) is 1.47. The van der Waals surface area contributed by atoms with Crippen molar-refractivity contribution in [3.05, 3.63) is 0 Å². The molecular formula is C5H7NO4. The maximum Gasteiger partial charge on any atom is 0.331 e. The third-order valence-corrected chi connectivity index (χ3v) is 0.522. The Morgan fingerprint density at radius 3 is 2.70 bits per heavy atom. The van der Waals surface area contributed by atoms with Crippen molar-refractivity contribution in [1.29, 1.82) is 0 Å². The zero-order valence-electron chi connectivity index (χ0n) is 5.40. The fourth-order valence-corrected chi connectivity index (χ4v) is 0.227. The number of carbonyl (C=O) groups excluding carboxylic acids is 1. The molecule has 0 aliphatic carbocycles. The highest BCUT2D eigenvalue weighted by molar-refractivity contribution is 5.84. The van der Waals surface area contributed by atoms with Crippen LogP contribution in [0.4, 0.5) is 0 Å². The second kappa shape index (κ2) is 4.49. The van der Waals surface area contributed by atoms with Crippen LogP contribution in [0.25, 0.3) is 0 Å². The van der Waals surface area contributed by atoms with E-state index in [1.54, 1.807) is 0 Å². The van der Waals surface area contributed by atoms with E-state index in [0.717, 1.165) is 6.21 Å². The molecule has 0 aliphatic rings. The first-order valence-electron chi connectivity index (χ1n) is 2.54. The lowest BCUT2D eigenvalue weighted by molar-refractivity contribution is -0.141. The minimum atomic E-state index is -1.02. The molecule has 10 heavy (non-hydrogen) atoms. The Morgan fingerprint density at radius 1 is 1.70 bits per heavy atom. The summed E-state index contributed by atoms with van der Waals surface area (Å²) in [5, 5.41) is 11.1. The van der Waals surface area contributed by atoms with Crippen LogP contribution < -0.4 is 0 Å². The van der Waals surface area contributed by atoms with Crippen molar-refractivity contribution >= 4 is 18.2 Å². The monoisotopic (exact) mass is 145 g/mol. The molecule has 0 atom stereocenters. The molecule has 0 aromatic heterocycles. The maximum atomic E-state index is 10.0. The standard InChI is InChI=1S/C5H7NO4/c1-4(7)10-6-3-2-5(8)9/h3H,2H2,1H3,(H,8,9)/b6-3-. The number of rotatable bonds is 3. The van der Waals surface area contributed by atoms with Crippen molar-refractivity contribution in [2.45, 2.75) is 13.3 Å². The van der Waals surface area contributed by atoms with Gasteiger partial charge in [-0.2, -0.15) is 0 Å². The van der Waals surface area contributed by atoms with Gasteiger partial charge in [0.05, 0.1) is 12.6 Å². The maximum absolute atomic E-state index is 10.0. The van der Waals surface area contributed by atoms with E-state index in [-0.39, 0.29) is 6.42 Å². The third-order valence-electron chi connectivity index (χ3n) is 0.522. The molecule has 0 aromatic carbocycles. The highest BCUT2D eigenvalue weighted by Gasteiger charge is 1.91. The molecule has 0 amide bonds. The van der Waals surface area contributed by atoms with Crippen LogP contribution in [0.2, 0.25) is 0 Å². The average molecular weight is 145 g/mol. The van der Waals surface area contributed by atoms with Gasteiger partial charge in [0.1, 0.15) is 0 Å². The predicted molar refractivity (Wildman–Crippen MR) is 32.5 cm³/mol. The molecule has 5 heteroatoms. The summed E-state index contributed by atoms with van der Waals surface area (Å²) >= 11 is 0. The smallest absolute Gasteiger partial charge is 0.331 e. The van der Waals surface area contributed by atoms with Crippen molar-refractivity contribution in [3.63, 3.8) is 0 Å². The van der Waals surface area contributed by atoms with Crippen LogP contribution >= 0.6 is 0 Å². The highest BCUT2D eigenvalue weighted by atomic mass is 16.7. The summed E-state index contributed by atoms with van der Waals surface area (Å²) < 4.78 is 0. The molecule has 0 unspecified atom stereocenters. The molecule has 0 saturated heterocycles. The van der Waals surface area contributed by atoms with Crippen LogP contribution in [0.1, 0.15) is 13.3 Å². The van der Waals surface area contributed by atoms with Gasteiger partial charge >= 0.3 is 11.9 Å². The normalized spacial score (nSPS) is 9.70. The van der Waals surface area contributed by atoms with Gasteiger partial charge in [-0.1, -0.05) is 5.16 Å². The summed E-state index contributed by atoms with van der Waals surface area (Å²) in [5.41, 5.74) is 0. The van der Waals surface area contributed by atoms with Gasteiger partial charge in [0.25, 0.3) is 0 Å². The molecule has 0 spiro atoms. The van der Waals surface area contributed by atoms with Gasteiger partial charge in [0, 0.05) is 6.92 Å². The molecule has 0 saturated carbocycles. The summed E-state index contributed by atoms with van der Waals surface area (Å²) in [6.45, 7) is 1.18. The number of hydrogen-bond donors (Lipinski definition) is 1. The summed E-state index contributed by atoms with van der Waals surface area (Å²) in [7, 11) is 0. The lowest BCUT2D eigenvalue weighted by atomic mass is 10.5. The predicted octanol–water partition coefficient (Wildman–Crippen LogP) is 0.0100. The first-order chi connectivity index (χ1) is 4.63. The SMILES string of the molecule is CC(=O)O/N=C\CC(=O)O. The molecule has 0 fully saturated rings. The molecular weight excluding hydrogens is 138 g/mol. The summed E-state index contributed by atoms with van der Waals surface area (Å²) in [6.07, 6.45) is 0.761. The van der Waals surface area contributed by atoms with Crippen molar-refractivity contribution < 1.29 is 19.5 Å². The van der Waals surface area contributed by atoms with E-state index in [1.165, 1.54) is 6.92 Å². The number of carbonyl (C=O) groups is 2. The van der Waals surface area contributed by atoms with E-state index in [4.69, 9.17) is 5.11 Å².